The molecule has 0 unspecified atom stereocenters. The Morgan fingerprint density at radius 2 is 2.04 bits per heavy atom. The second-order valence-corrected chi connectivity index (χ2v) is 7.76. The molecule has 0 spiro atoms. The van der Waals surface area contributed by atoms with Gasteiger partial charge in [-0.1, -0.05) is 30.3 Å². The number of sulfonamides is 1. The number of aryl methyl sites for hydroxylation is 2. The van der Waals surface area contributed by atoms with Crippen LogP contribution in [0.15, 0.2) is 41.4 Å². The van der Waals surface area contributed by atoms with E-state index < -0.39 is 10.0 Å². The number of benzene rings is 1. The zero-order valence-electron chi connectivity index (χ0n) is 13.4. The van der Waals surface area contributed by atoms with Gasteiger partial charge in [-0.25, -0.2) is 13.1 Å². The predicted octanol–water partition coefficient (Wildman–Crippen LogP) is 1.28. The first kappa shape index (κ1) is 16.2. The van der Waals surface area contributed by atoms with E-state index in [-0.39, 0.29) is 10.9 Å². The summed E-state index contributed by atoms with van der Waals surface area (Å²) in [5.41, 5.74) is 1.78. The molecule has 2 aromatic rings. The van der Waals surface area contributed by atoms with Crippen molar-refractivity contribution in [2.75, 3.05) is 13.1 Å². The highest BCUT2D eigenvalue weighted by Crippen LogP contribution is 2.18. The average Bonchev–Trinajstić information content (AvgIpc) is 3.06. The Morgan fingerprint density at radius 3 is 2.70 bits per heavy atom. The SMILES string of the molecule is Cc1nn(C)cc1S(=O)(=O)N[C@H]1CCN(Cc2ccccc2)C1. The molecule has 1 N–H and O–H groups in total. The minimum Gasteiger partial charge on any atom is -0.297 e. The van der Waals surface area contributed by atoms with Crippen molar-refractivity contribution in [1.29, 1.82) is 0 Å². The summed E-state index contributed by atoms with van der Waals surface area (Å²) < 4.78 is 29.4. The maximum Gasteiger partial charge on any atom is 0.244 e. The Kier molecular flexibility index (Phi) is 4.52. The van der Waals surface area contributed by atoms with Crippen molar-refractivity contribution >= 4 is 10.0 Å². The molecule has 1 atom stereocenters. The lowest BCUT2D eigenvalue weighted by atomic mass is 10.2. The third-order valence-electron chi connectivity index (χ3n) is 4.10. The zero-order valence-corrected chi connectivity index (χ0v) is 14.3. The van der Waals surface area contributed by atoms with Crippen molar-refractivity contribution < 1.29 is 8.42 Å². The number of rotatable bonds is 5. The second kappa shape index (κ2) is 6.43. The van der Waals surface area contributed by atoms with E-state index in [9.17, 15) is 8.42 Å². The molecule has 0 bridgehead atoms. The van der Waals surface area contributed by atoms with Crippen LogP contribution < -0.4 is 4.72 Å². The molecule has 3 rings (SSSR count). The molecule has 1 aliphatic heterocycles. The van der Waals surface area contributed by atoms with E-state index >= 15 is 0 Å². The lowest BCUT2D eigenvalue weighted by Gasteiger charge is -2.16. The summed E-state index contributed by atoms with van der Waals surface area (Å²) in [5.74, 6) is 0. The molecule has 124 valence electrons. The summed E-state index contributed by atoms with van der Waals surface area (Å²) in [4.78, 5) is 2.54. The smallest absolute Gasteiger partial charge is 0.244 e. The molecule has 7 heteroatoms. The van der Waals surface area contributed by atoms with Crippen LogP contribution in [0, 0.1) is 6.92 Å². The van der Waals surface area contributed by atoms with Crippen molar-refractivity contribution in [3.8, 4) is 0 Å². The number of nitrogens with zero attached hydrogens (tertiary/aromatic N) is 3. The first-order chi connectivity index (χ1) is 10.9. The molecule has 6 nitrogen and oxygen atoms in total. The Morgan fingerprint density at radius 1 is 1.30 bits per heavy atom. The van der Waals surface area contributed by atoms with Crippen LogP contribution in [0.3, 0.4) is 0 Å². The summed E-state index contributed by atoms with van der Waals surface area (Å²) in [6.45, 7) is 4.19. The molecular formula is C16H22N4O2S. The molecule has 0 amide bonds. The molecule has 1 saturated heterocycles. The predicted molar refractivity (Wildman–Crippen MR) is 88.4 cm³/mol. The van der Waals surface area contributed by atoms with Gasteiger partial charge in [-0.2, -0.15) is 5.10 Å². The molecule has 1 aromatic heterocycles. The molecule has 1 fully saturated rings. The fourth-order valence-corrected chi connectivity index (χ4v) is 4.52. The van der Waals surface area contributed by atoms with Crippen LogP contribution in [0.25, 0.3) is 0 Å². The van der Waals surface area contributed by atoms with Crippen molar-refractivity contribution in [3.05, 3.63) is 47.8 Å². The van der Waals surface area contributed by atoms with Crippen LogP contribution in [-0.2, 0) is 23.6 Å². The fraction of sp³-hybridized carbons (Fsp3) is 0.438. The van der Waals surface area contributed by atoms with Gasteiger partial charge in [0.05, 0.1) is 5.69 Å². The number of hydrogen-bond acceptors (Lipinski definition) is 4. The number of likely N-dealkylation sites (tertiary alicyclic amines) is 1. The number of aromatic nitrogens is 2. The fourth-order valence-electron chi connectivity index (χ4n) is 3.04. The van der Waals surface area contributed by atoms with Crippen molar-refractivity contribution in [2.45, 2.75) is 30.8 Å². The first-order valence-corrected chi connectivity index (χ1v) is 9.21. The molecule has 23 heavy (non-hydrogen) atoms. The van der Waals surface area contributed by atoms with Gasteiger partial charge < -0.3 is 0 Å². The molecule has 0 radical (unpaired) electrons. The van der Waals surface area contributed by atoms with Gasteiger partial charge in [0.25, 0.3) is 0 Å². The topological polar surface area (TPSA) is 67.2 Å². The first-order valence-electron chi connectivity index (χ1n) is 7.73. The summed E-state index contributed by atoms with van der Waals surface area (Å²) in [5, 5.41) is 4.11. The quantitative estimate of drug-likeness (QED) is 0.894. The highest BCUT2D eigenvalue weighted by atomic mass is 32.2. The van der Waals surface area contributed by atoms with Crippen molar-refractivity contribution in [2.24, 2.45) is 7.05 Å². The molecule has 0 aliphatic carbocycles. The minimum atomic E-state index is -3.51. The summed E-state index contributed by atoms with van der Waals surface area (Å²) in [6.07, 6.45) is 2.37. The van der Waals surface area contributed by atoms with Gasteiger partial charge >= 0.3 is 0 Å². The van der Waals surface area contributed by atoms with E-state index in [1.54, 1.807) is 20.2 Å². The van der Waals surface area contributed by atoms with Crippen molar-refractivity contribution in [1.82, 2.24) is 19.4 Å². The van der Waals surface area contributed by atoms with Gasteiger partial charge in [-0.05, 0) is 18.9 Å². The van der Waals surface area contributed by atoms with Gasteiger partial charge in [0.1, 0.15) is 4.90 Å². The summed E-state index contributed by atoms with van der Waals surface area (Å²) >= 11 is 0. The standard InChI is InChI=1S/C16H22N4O2S/c1-13-16(12-19(2)17-13)23(21,22)18-15-8-9-20(11-15)10-14-6-4-3-5-7-14/h3-7,12,15,18H,8-11H2,1-2H3/t15-/m0/s1. The van der Waals surface area contributed by atoms with E-state index in [1.165, 1.54) is 10.2 Å². The zero-order chi connectivity index (χ0) is 16.4. The van der Waals surface area contributed by atoms with E-state index in [0.717, 1.165) is 26.1 Å². The van der Waals surface area contributed by atoms with E-state index in [0.29, 0.717) is 5.69 Å². The van der Waals surface area contributed by atoms with Crippen LogP contribution in [0.4, 0.5) is 0 Å². The number of hydrogen-bond donors (Lipinski definition) is 1. The van der Waals surface area contributed by atoms with Crippen LogP contribution in [0.2, 0.25) is 0 Å². The van der Waals surface area contributed by atoms with Crippen LogP contribution in [0.1, 0.15) is 17.7 Å². The molecular weight excluding hydrogens is 312 g/mol. The van der Waals surface area contributed by atoms with Gasteiger partial charge in [-0.15, -0.1) is 0 Å². The van der Waals surface area contributed by atoms with Gasteiger partial charge in [0.15, 0.2) is 0 Å². The highest BCUT2D eigenvalue weighted by molar-refractivity contribution is 7.89. The van der Waals surface area contributed by atoms with Crippen molar-refractivity contribution in [3.63, 3.8) is 0 Å². The largest absolute Gasteiger partial charge is 0.297 e. The molecule has 2 heterocycles. The third kappa shape index (κ3) is 3.80. The maximum absolute atomic E-state index is 12.5. The van der Waals surface area contributed by atoms with E-state index in [1.807, 2.05) is 18.2 Å². The third-order valence-corrected chi connectivity index (χ3v) is 5.72. The normalized spacial score (nSPS) is 19.3. The molecule has 1 aromatic carbocycles. The van der Waals surface area contributed by atoms with Gasteiger partial charge in [-0.3, -0.25) is 9.58 Å². The summed E-state index contributed by atoms with van der Waals surface area (Å²) in [6, 6.07) is 10.2. The monoisotopic (exact) mass is 334 g/mol. The number of nitrogens with one attached hydrogen (secondary N) is 1. The molecule has 0 saturated carbocycles. The Balaban J connectivity index is 1.62. The molecule has 1 aliphatic rings. The van der Waals surface area contributed by atoms with Gasteiger partial charge in [0, 0.05) is 38.9 Å². The van der Waals surface area contributed by atoms with E-state index in [4.69, 9.17) is 0 Å². The van der Waals surface area contributed by atoms with Gasteiger partial charge in [0.2, 0.25) is 10.0 Å². The maximum atomic E-state index is 12.5. The Labute approximate surface area is 137 Å². The highest BCUT2D eigenvalue weighted by Gasteiger charge is 2.28. The Bertz CT molecular complexity index is 771. The summed E-state index contributed by atoms with van der Waals surface area (Å²) in [7, 11) is -1.78. The van der Waals surface area contributed by atoms with Crippen LogP contribution in [0.5, 0.6) is 0 Å². The Hall–Kier alpha value is -1.70. The van der Waals surface area contributed by atoms with E-state index in [2.05, 4.69) is 26.9 Å². The second-order valence-electron chi connectivity index (χ2n) is 6.08. The van der Waals surface area contributed by atoms with Crippen LogP contribution in [-0.4, -0.2) is 42.2 Å². The average molecular weight is 334 g/mol. The van der Waals surface area contributed by atoms with Crippen LogP contribution >= 0.6 is 0 Å². The lowest BCUT2D eigenvalue weighted by Crippen LogP contribution is -2.37. The lowest BCUT2D eigenvalue weighted by molar-refractivity contribution is 0.324. The minimum absolute atomic E-state index is 0.0525.